The summed E-state index contributed by atoms with van der Waals surface area (Å²) in [5, 5.41) is 0. The highest BCUT2D eigenvalue weighted by molar-refractivity contribution is 7.90. The van der Waals surface area contributed by atoms with Crippen molar-refractivity contribution in [2.75, 3.05) is 7.11 Å². The second-order valence-electron chi connectivity index (χ2n) is 8.74. The molecule has 1 aromatic heterocycles. The van der Waals surface area contributed by atoms with E-state index in [1.165, 1.54) is 31.4 Å². The Morgan fingerprint density at radius 3 is 2.30 bits per heavy atom. The van der Waals surface area contributed by atoms with Gasteiger partial charge >= 0.3 is 0 Å². The largest absolute Gasteiger partial charge is 0.494 e. The minimum absolute atomic E-state index is 0.0260. The molecule has 0 saturated carbocycles. The molecule has 4 aromatic rings. The van der Waals surface area contributed by atoms with Gasteiger partial charge in [0, 0.05) is 12.0 Å². The molecule has 4 rings (SSSR count). The predicted octanol–water partition coefficient (Wildman–Crippen LogP) is 4.82. The Morgan fingerprint density at radius 2 is 1.65 bits per heavy atom. The highest BCUT2D eigenvalue weighted by Gasteiger charge is 2.29. The van der Waals surface area contributed by atoms with E-state index in [9.17, 15) is 22.4 Å². The topological polar surface area (TPSA) is 115 Å². The summed E-state index contributed by atoms with van der Waals surface area (Å²) in [6.07, 6.45) is -0.400. The fourth-order valence-corrected chi connectivity index (χ4v) is 5.35. The number of ketones is 1. The second-order valence-corrected chi connectivity index (χ2v) is 10.9. The van der Waals surface area contributed by atoms with Crippen LogP contribution in [0.4, 0.5) is 4.39 Å². The van der Waals surface area contributed by atoms with Gasteiger partial charge in [0.2, 0.25) is 5.91 Å². The maximum atomic E-state index is 14.2. The number of benzene rings is 3. The molecule has 3 aromatic carbocycles. The molecule has 0 bridgehead atoms. The monoisotopic (exact) mass is 541 g/mol. The zero-order valence-corrected chi connectivity index (χ0v) is 21.9. The van der Waals surface area contributed by atoms with Crippen molar-refractivity contribution in [2.24, 2.45) is 0 Å². The Labute approximate surface area is 217 Å². The van der Waals surface area contributed by atoms with Crippen LogP contribution in [0.15, 0.2) is 65.6 Å². The Bertz CT molecular complexity index is 1570. The molecule has 0 fully saturated rings. The van der Waals surface area contributed by atoms with Crippen LogP contribution in [0.1, 0.15) is 53.6 Å². The second kappa shape index (κ2) is 10.7. The summed E-state index contributed by atoms with van der Waals surface area (Å²) < 4.78 is 55.5. The first-order valence-corrected chi connectivity index (χ1v) is 13.6. The van der Waals surface area contributed by atoms with Crippen molar-refractivity contribution in [3.05, 3.63) is 83.2 Å². The van der Waals surface area contributed by atoms with E-state index in [2.05, 4.69) is 13.5 Å². The maximum Gasteiger partial charge on any atom is 0.264 e. The van der Waals surface area contributed by atoms with Gasteiger partial charge in [-0.2, -0.15) is 8.75 Å². The number of nitrogens with one attached hydrogen (secondary N) is 1. The van der Waals surface area contributed by atoms with Crippen LogP contribution >= 0.6 is 11.7 Å². The number of aromatic nitrogens is 2. The lowest BCUT2D eigenvalue weighted by Gasteiger charge is -2.17. The van der Waals surface area contributed by atoms with Crippen LogP contribution in [-0.4, -0.2) is 36.0 Å². The van der Waals surface area contributed by atoms with Crippen molar-refractivity contribution in [1.82, 2.24) is 13.5 Å². The van der Waals surface area contributed by atoms with Crippen LogP contribution in [0.2, 0.25) is 0 Å². The summed E-state index contributed by atoms with van der Waals surface area (Å²) in [4.78, 5) is 26.3. The Kier molecular flexibility index (Phi) is 7.65. The van der Waals surface area contributed by atoms with Gasteiger partial charge in [0.1, 0.15) is 11.0 Å². The zero-order chi connectivity index (χ0) is 26.7. The molecule has 1 atom stereocenters. The van der Waals surface area contributed by atoms with Gasteiger partial charge in [-0.3, -0.25) is 9.59 Å². The van der Waals surface area contributed by atoms with Crippen LogP contribution in [0.3, 0.4) is 0 Å². The van der Waals surface area contributed by atoms with E-state index in [4.69, 9.17) is 4.74 Å². The zero-order valence-electron chi connectivity index (χ0n) is 20.3. The molecule has 1 N–H and O–H groups in total. The van der Waals surface area contributed by atoms with E-state index in [-0.39, 0.29) is 22.1 Å². The molecule has 0 aliphatic rings. The molecular formula is C26H24FN3O5S2. The standard InChI is InChI=1S/C26H24FN3O5S2/c1-15(2)16-4-8-19(9-5-16)37(33,34)30-26(32)20(17-6-10-22-23(13-17)29-36-28-22)14-24(31)18-7-11-25(35-3)21(27)12-18/h4-13,15,20H,14H2,1-3H3,(H,30,32). The van der Waals surface area contributed by atoms with E-state index in [0.29, 0.717) is 16.6 Å². The molecular weight excluding hydrogens is 517 g/mol. The number of halogens is 1. The highest BCUT2D eigenvalue weighted by Crippen LogP contribution is 2.28. The molecule has 192 valence electrons. The summed E-state index contributed by atoms with van der Waals surface area (Å²) in [5.41, 5.74) is 2.47. The van der Waals surface area contributed by atoms with E-state index in [1.54, 1.807) is 30.3 Å². The minimum Gasteiger partial charge on any atom is -0.494 e. The molecule has 0 aliphatic carbocycles. The van der Waals surface area contributed by atoms with Crippen molar-refractivity contribution >= 4 is 44.5 Å². The number of ether oxygens (including phenoxy) is 1. The van der Waals surface area contributed by atoms with E-state index in [0.717, 1.165) is 23.4 Å². The lowest BCUT2D eigenvalue weighted by atomic mass is 9.90. The molecule has 1 amide bonds. The predicted molar refractivity (Wildman–Crippen MR) is 138 cm³/mol. The number of carbonyl (C=O) groups excluding carboxylic acids is 2. The van der Waals surface area contributed by atoms with Gasteiger partial charge in [0.25, 0.3) is 10.0 Å². The first-order valence-electron chi connectivity index (χ1n) is 11.3. The highest BCUT2D eigenvalue weighted by atomic mass is 32.2. The van der Waals surface area contributed by atoms with Gasteiger partial charge in [0.05, 0.1) is 29.7 Å². The number of sulfonamides is 1. The number of hydrogen-bond donors (Lipinski definition) is 1. The quantitative estimate of drug-likeness (QED) is 0.302. The fraction of sp³-hybridized carbons (Fsp3) is 0.231. The molecule has 8 nitrogen and oxygen atoms in total. The molecule has 37 heavy (non-hydrogen) atoms. The Hall–Kier alpha value is -3.70. The average molecular weight is 542 g/mol. The summed E-state index contributed by atoms with van der Waals surface area (Å²) in [5.74, 6) is -3.17. The van der Waals surface area contributed by atoms with Crippen LogP contribution in [-0.2, 0) is 14.8 Å². The van der Waals surface area contributed by atoms with Crippen molar-refractivity contribution in [2.45, 2.75) is 37.0 Å². The SMILES string of the molecule is COc1ccc(C(=O)CC(C(=O)NS(=O)(=O)c2ccc(C(C)C)cc2)c2ccc3nsnc3c2)cc1F. The average Bonchev–Trinajstić information content (AvgIpc) is 3.34. The number of Topliss-reactive ketones (excluding diaryl/α,β-unsaturated/α-hetero) is 1. The van der Waals surface area contributed by atoms with Crippen LogP contribution in [0.5, 0.6) is 5.75 Å². The Balaban J connectivity index is 1.65. The summed E-state index contributed by atoms with van der Waals surface area (Å²) in [6.45, 7) is 3.96. The van der Waals surface area contributed by atoms with Gasteiger partial charge in [-0.15, -0.1) is 0 Å². The summed E-state index contributed by atoms with van der Waals surface area (Å²) >= 11 is 0.991. The van der Waals surface area contributed by atoms with Crippen molar-refractivity contribution in [3.63, 3.8) is 0 Å². The smallest absolute Gasteiger partial charge is 0.264 e. The van der Waals surface area contributed by atoms with Gasteiger partial charge < -0.3 is 4.74 Å². The third-order valence-corrected chi connectivity index (χ3v) is 7.87. The van der Waals surface area contributed by atoms with E-state index in [1.807, 2.05) is 13.8 Å². The van der Waals surface area contributed by atoms with E-state index >= 15 is 0 Å². The summed E-state index contributed by atoms with van der Waals surface area (Å²) in [7, 11) is -2.91. The number of methoxy groups -OCH3 is 1. The minimum atomic E-state index is -4.22. The maximum absolute atomic E-state index is 14.2. The van der Waals surface area contributed by atoms with Crippen molar-refractivity contribution in [1.29, 1.82) is 0 Å². The molecule has 1 heterocycles. The first kappa shape index (κ1) is 26.4. The van der Waals surface area contributed by atoms with Crippen LogP contribution in [0, 0.1) is 5.82 Å². The molecule has 0 radical (unpaired) electrons. The number of hydrogen-bond acceptors (Lipinski definition) is 8. The number of rotatable bonds is 9. The molecule has 1 unspecified atom stereocenters. The third-order valence-electron chi connectivity index (χ3n) is 5.95. The van der Waals surface area contributed by atoms with Crippen molar-refractivity contribution < 1.29 is 27.1 Å². The number of carbonyl (C=O) groups is 2. The normalized spacial score (nSPS) is 12.5. The van der Waals surface area contributed by atoms with E-state index < -0.39 is 39.9 Å². The van der Waals surface area contributed by atoms with Gasteiger partial charge in [-0.1, -0.05) is 32.0 Å². The molecule has 11 heteroatoms. The summed E-state index contributed by atoms with van der Waals surface area (Å²) in [6, 6.07) is 14.8. The van der Waals surface area contributed by atoms with Gasteiger partial charge in [-0.05, 0) is 59.5 Å². The van der Waals surface area contributed by atoms with Crippen LogP contribution < -0.4 is 9.46 Å². The molecule has 0 saturated heterocycles. The molecule has 0 spiro atoms. The number of fused-ring (bicyclic) bond motifs is 1. The first-order chi connectivity index (χ1) is 17.6. The van der Waals surface area contributed by atoms with Crippen LogP contribution in [0.25, 0.3) is 11.0 Å². The lowest BCUT2D eigenvalue weighted by Crippen LogP contribution is -2.35. The van der Waals surface area contributed by atoms with Gasteiger partial charge in [-0.25, -0.2) is 17.5 Å². The number of amides is 1. The lowest BCUT2D eigenvalue weighted by molar-refractivity contribution is -0.120. The molecule has 0 aliphatic heterocycles. The van der Waals surface area contributed by atoms with Crippen molar-refractivity contribution in [3.8, 4) is 5.75 Å². The fourth-order valence-electron chi connectivity index (χ4n) is 3.82. The Morgan fingerprint density at radius 1 is 0.973 bits per heavy atom. The van der Waals surface area contributed by atoms with Gasteiger partial charge in [0.15, 0.2) is 17.3 Å². The third kappa shape index (κ3) is 5.83. The number of nitrogens with zero attached hydrogens (tertiary/aromatic N) is 2.